The number of aromatic nitrogens is 3. The van der Waals surface area contributed by atoms with Crippen molar-refractivity contribution in [2.24, 2.45) is 0 Å². The Morgan fingerprint density at radius 3 is 2.85 bits per heavy atom. The van der Waals surface area contributed by atoms with Gasteiger partial charge >= 0.3 is 0 Å². The van der Waals surface area contributed by atoms with Crippen molar-refractivity contribution in [3.05, 3.63) is 29.2 Å². The summed E-state index contributed by atoms with van der Waals surface area (Å²) in [5.74, 6) is 1.20. The van der Waals surface area contributed by atoms with Gasteiger partial charge in [0.05, 0.1) is 5.02 Å². The van der Waals surface area contributed by atoms with Crippen LogP contribution < -0.4 is 0 Å². The van der Waals surface area contributed by atoms with Gasteiger partial charge in [0.1, 0.15) is 0 Å². The van der Waals surface area contributed by atoms with E-state index in [0.717, 1.165) is 11.5 Å². The molecule has 2 aromatic rings. The summed E-state index contributed by atoms with van der Waals surface area (Å²) in [4.78, 5) is 4.35. The van der Waals surface area contributed by atoms with E-state index in [0.29, 0.717) is 10.9 Å². The van der Waals surface area contributed by atoms with Gasteiger partial charge in [0.2, 0.25) is 0 Å². The normalized spacial score (nSPS) is 11.4. The maximum absolute atomic E-state index is 5.82. The smallest absolute Gasteiger partial charge is 0.155 e. The molecule has 0 N–H and O–H groups in total. The molecule has 68 valence electrons. The molecule has 0 aliphatic heterocycles. The number of fused-ring (bicyclic) bond motifs is 1. The fraction of sp³-hybridized carbons (Fsp3) is 0.333. The van der Waals surface area contributed by atoms with E-state index in [2.05, 4.69) is 23.9 Å². The molecule has 0 saturated heterocycles. The summed E-state index contributed by atoms with van der Waals surface area (Å²) in [6.45, 7) is 4.13. The average Bonchev–Trinajstić information content (AvgIpc) is 2.46. The van der Waals surface area contributed by atoms with Crippen LogP contribution in [0.25, 0.3) is 5.65 Å². The second-order valence-electron chi connectivity index (χ2n) is 3.27. The second kappa shape index (κ2) is 3.00. The van der Waals surface area contributed by atoms with E-state index in [1.807, 2.05) is 12.1 Å². The van der Waals surface area contributed by atoms with Gasteiger partial charge in [0.15, 0.2) is 11.5 Å². The van der Waals surface area contributed by atoms with Crippen molar-refractivity contribution >= 4 is 17.2 Å². The molecule has 0 amide bonds. The Balaban J connectivity index is 2.62. The molecule has 3 nitrogen and oxygen atoms in total. The van der Waals surface area contributed by atoms with Crippen LogP contribution in [-0.4, -0.2) is 14.6 Å². The molecular formula is C9H10ClN3. The summed E-state index contributed by atoms with van der Waals surface area (Å²) in [5, 5.41) is 4.97. The zero-order chi connectivity index (χ0) is 9.42. The van der Waals surface area contributed by atoms with Crippen LogP contribution in [0.2, 0.25) is 5.02 Å². The number of nitrogens with zero attached hydrogens (tertiary/aromatic N) is 3. The molecule has 13 heavy (non-hydrogen) atoms. The third kappa shape index (κ3) is 1.52. The zero-order valence-electron chi connectivity index (χ0n) is 7.53. The number of hydrogen-bond acceptors (Lipinski definition) is 2. The van der Waals surface area contributed by atoms with Crippen molar-refractivity contribution in [2.75, 3.05) is 0 Å². The first-order valence-corrected chi connectivity index (χ1v) is 4.56. The predicted molar refractivity (Wildman–Crippen MR) is 52.1 cm³/mol. The van der Waals surface area contributed by atoms with Gasteiger partial charge in [0, 0.05) is 12.1 Å². The van der Waals surface area contributed by atoms with Gasteiger partial charge in [-0.25, -0.2) is 9.50 Å². The SMILES string of the molecule is CC(C)c1nc2ccc(Cl)cn2n1. The topological polar surface area (TPSA) is 30.2 Å². The van der Waals surface area contributed by atoms with Crippen LogP contribution in [-0.2, 0) is 0 Å². The van der Waals surface area contributed by atoms with Crippen LogP contribution in [0.3, 0.4) is 0 Å². The molecule has 0 radical (unpaired) electrons. The van der Waals surface area contributed by atoms with Crippen molar-refractivity contribution in [1.82, 2.24) is 14.6 Å². The molecular weight excluding hydrogens is 186 g/mol. The third-order valence-corrected chi connectivity index (χ3v) is 2.05. The molecule has 2 rings (SSSR count). The van der Waals surface area contributed by atoms with Crippen LogP contribution in [0.4, 0.5) is 0 Å². The summed E-state index contributed by atoms with van der Waals surface area (Å²) >= 11 is 5.82. The summed E-state index contributed by atoms with van der Waals surface area (Å²) < 4.78 is 1.71. The minimum Gasteiger partial charge on any atom is -0.219 e. The van der Waals surface area contributed by atoms with Gasteiger partial charge in [0.25, 0.3) is 0 Å². The highest BCUT2D eigenvalue weighted by atomic mass is 35.5. The molecule has 0 unspecified atom stereocenters. The minimum absolute atomic E-state index is 0.346. The van der Waals surface area contributed by atoms with E-state index in [-0.39, 0.29) is 0 Å². The Morgan fingerprint density at radius 2 is 2.15 bits per heavy atom. The third-order valence-electron chi connectivity index (χ3n) is 1.83. The largest absolute Gasteiger partial charge is 0.219 e. The molecule has 0 atom stereocenters. The first-order valence-electron chi connectivity index (χ1n) is 4.18. The average molecular weight is 196 g/mol. The van der Waals surface area contributed by atoms with Crippen molar-refractivity contribution in [3.8, 4) is 0 Å². The molecule has 0 bridgehead atoms. The minimum atomic E-state index is 0.346. The molecule has 4 heteroatoms. The molecule has 0 spiro atoms. The predicted octanol–water partition coefficient (Wildman–Crippen LogP) is 2.51. The first kappa shape index (κ1) is 8.51. The van der Waals surface area contributed by atoms with Crippen LogP contribution in [0.1, 0.15) is 25.6 Å². The monoisotopic (exact) mass is 195 g/mol. The van der Waals surface area contributed by atoms with Gasteiger partial charge in [-0.05, 0) is 12.1 Å². The zero-order valence-corrected chi connectivity index (χ0v) is 8.28. The molecule has 2 aromatic heterocycles. The maximum Gasteiger partial charge on any atom is 0.155 e. The van der Waals surface area contributed by atoms with Crippen LogP contribution >= 0.6 is 11.6 Å². The molecule has 0 aliphatic rings. The Kier molecular flexibility index (Phi) is 1.96. The summed E-state index contributed by atoms with van der Waals surface area (Å²) in [6.07, 6.45) is 1.76. The highest BCUT2D eigenvalue weighted by molar-refractivity contribution is 6.30. The number of pyridine rings is 1. The van der Waals surface area contributed by atoms with E-state index >= 15 is 0 Å². The Labute approximate surface area is 81.4 Å². The standard InChI is InChI=1S/C9H10ClN3/c1-6(2)9-11-8-4-3-7(10)5-13(8)12-9/h3-6H,1-2H3. The molecule has 0 saturated carbocycles. The summed E-state index contributed by atoms with van der Waals surface area (Å²) in [6, 6.07) is 3.68. The molecule has 0 aliphatic carbocycles. The van der Waals surface area contributed by atoms with E-state index in [9.17, 15) is 0 Å². The summed E-state index contributed by atoms with van der Waals surface area (Å²) in [7, 11) is 0. The lowest BCUT2D eigenvalue weighted by molar-refractivity contribution is 0.765. The highest BCUT2D eigenvalue weighted by Crippen LogP contribution is 2.13. The fourth-order valence-corrected chi connectivity index (χ4v) is 1.28. The lowest BCUT2D eigenvalue weighted by Crippen LogP contribution is -1.91. The van der Waals surface area contributed by atoms with Gasteiger partial charge in [-0.1, -0.05) is 25.4 Å². The molecule has 2 heterocycles. The first-order chi connectivity index (χ1) is 6.16. The second-order valence-corrected chi connectivity index (χ2v) is 3.71. The molecule has 0 aromatic carbocycles. The van der Waals surface area contributed by atoms with Crippen molar-refractivity contribution in [2.45, 2.75) is 19.8 Å². The van der Waals surface area contributed by atoms with Gasteiger partial charge in [-0.3, -0.25) is 0 Å². The summed E-state index contributed by atoms with van der Waals surface area (Å²) in [5.41, 5.74) is 0.841. The van der Waals surface area contributed by atoms with Gasteiger partial charge in [-0.2, -0.15) is 5.10 Å². The highest BCUT2D eigenvalue weighted by Gasteiger charge is 2.06. The van der Waals surface area contributed by atoms with Crippen LogP contribution in [0.5, 0.6) is 0 Å². The van der Waals surface area contributed by atoms with Crippen molar-refractivity contribution in [1.29, 1.82) is 0 Å². The Bertz CT molecular complexity index is 433. The Hall–Kier alpha value is -1.09. The molecule has 0 fully saturated rings. The van der Waals surface area contributed by atoms with E-state index in [1.54, 1.807) is 10.7 Å². The number of rotatable bonds is 1. The van der Waals surface area contributed by atoms with Crippen molar-refractivity contribution in [3.63, 3.8) is 0 Å². The number of hydrogen-bond donors (Lipinski definition) is 0. The fourth-order valence-electron chi connectivity index (χ4n) is 1.12. The van der Waals surface area contributed by atoms with E-state index in [1.165, 1.54) is 0 Å². The van der Waals surface area contributed by atoms with Crippen LogP contribution in [0, 0.1) is 0 Å². The lowest BCUT2D eigenvalue weighted by Gasteiger charge is -1.93. The van der Waals surface area contributed by atoms with Gasteiger partial charge < -0.3 is 0 Å². The Morgan fingerprint density at radius 1 is 1.38 bits per heavy atom. The van der Waals surface area contributed by atoms with E-state index < -0.39 is 0 Å². The van der Waals surface area contributed by atoms with Crippen LogP contribution in [0.15, 0.2) is 18.3 Å². The van der Waals surface area contributed by atoms with Gasteiger partial charge in [-0.15, -0.1) is 0 Å². The quantitative estimate of drug-likeness (QED) is 0.700. The van der Waals surface area contributed by atoms with E-state index in [4.69, 9.17) is 11.6 Å². The number of halogens is 1. The lowest BCUT2D eigenvalue weighted by atomic mass is 10.2. The van der Waals surface area contributed by atoms with Crippen molar-refractivity contribution < 1.29 is 0 Å². The maximum atomic E-state index is 5.82.